The maximum absolute atomic E-state index is 12.5. The van der Waals surface area contributed by atoms with Crippen LogP contribution in [0.4, 0.5) is 0 Å². The second kappa shape index (κ2) is 11.8. The average molecular weight is 404 g/mol. The van der Waals surface area contributed by atoms with Crippen LogP contribution >= 0.6 is 24.8 Å². The predicted octanol–water partition coefficient (Wildman–Crippen LogP) is 2.32. The molecule has 1 atom stereocenters. The number of hydrogen-bond acceptors (Lipinski definition) is 4. The first kappa shape index (κ1) is 23.2. The number of halogens is 2. The van der Waals surface area contributed by atoms with E-state index in [-0.39, 0.29) is 36.8 Å². The van der Waals surface area contributed by atoms with Crippen molar-refractivity contribution in [3.8, 4) is 0 Å². The molecule has 0 bridgehead atoms. The lowest BCUT2D eigenvalue weighted by molar-refractivity contribution is -0.137. The number of amides is 1. The van der Waals surface area contributed by atoms with Gasteiger partial charge < -0.3 is 15.4 Å². The van der Waals surface area contributed by atoms with Gasteiger partial charge in [0.15, 0.2) is 0 Å². The lowest BCUT2D eigenvalue weighted by Gasteiger charge is -2.35. The van der Waals surface area contributed by atoms with Crippen LogP contribution in [0.15, 0.2) is 30.3 Å². The summed E-state index contributed by atoms with van der Waals surface area (Å²) in [5, 5.41) is 0. The largest absolute Gasteiger partial charge is 0.375 e. The molecule has 7 heteroatoms. The van der Waals surface area contributed by atoms with Crippen molar-refractivity contribution in [3.05, 3.63) is 35.9 Å². The number of rotatable bonds is 5. The second-order valence-electron chi connectivity index (χ2n) is 6.98. The smallest absolute Gasteiger partial charge is 0.225 e. The molecule has 0 spiro atoms. The van der Waals surface area contributed by atoms with Gasteiger partial charge in [0.1, 0.15) is 0 Å². The molecule has 2 aliphatic rings. The third-order valence-electron chi connectivity index (χ3n) is 5.17. The molecule has 2 aliphatic heterocycles. The minimum Gasteiger partial charge on any atom is -0.375 e. The highest BCUT2D eigenvalue weighted by atomic mass is 35.5. The minimum atomic E-state index is 0. The van der Waals surface area contributed by atoms with Crippen LogP contribution in [-0.4, -0.2) is 61.1 Å². The Balaban J connectivity index is 0.00000169. The molecule has 1 aromatic carbocycles. The van der Waals surface area contributed by atoms with E-state index in [1.165, 1.54) is 5.56 Å². The summed E-state index contributed by atoms with van der Waals surface area (Å²) in [6.07, 6.45) is 2.59. The van der Waals surface area contributed by atoms with E-state index in [2.05, 4.69) is 29.2 Å². The van der Waals surface area contributed by atoms with Crippen molar-refractivity contribution < 1.29 is 9.53 Å². The van der Waals surface area contributed by atoms with Crippen molar-refractivity contribution in [3.63, 3.8) is 0 Å². The molecule has 1 unspecified atom stereocenters. The van der Waals surface area contributed by atoms with Crippen LogP contribution in [0.1, 0.15) is 24.8 Å². The van der Waals surface area contributed by atoms with Crippen LogP contribution in [0.25, 0.3) is 0 Å². The first-order valence-corrected chi connectivity index (χ1v) is 9.10. The lowest BCUT2D eigenvalue weighted by Crippen LogP contribution is -2.46. The van der Waals surface area contributed by atoms with Crippen molar-refractivity contribution in [2.75, 3.05) is 39.3 Å². The van der Waals surface area contributed by atoms with E-state index in [0.29, 0.717) is 18.9 Å². The number of piperidine rings is 1. The normalized spacial score (nSPS) is 21.6. The van der Waals surface area contributed by atoms with Crippen molar-refractivity contribution in [1.29, 1.82) is 0 Å². The van der Waals surface area contributed by atoms with Gasteiger partial charge in [-0.15, -0.1) is 24.8 Å². The fraction of sp³-hybridized carbons (Fsp3) is 0.632. The summed E-state index contributed by atoms with van der Waals surface area (Å²) in [4.78, 5) is 16.9. The predicted molar refractivity (Wildman–Crippen MR) is 109 cm³/mol. The van der Waals surface area contributed by atoms with E-state index in [4.69, 9.17) is 10.5 Å². The Hall–Kier alpha value is -0.850. The van der Waals surface area contributed by atoms with Gasteiger partial charge in [0, 0.05) is 32.7 Å². The highest BCUT2D eigenvalue weighted by Crippen LogP contribution is 2.19. The summed E-state index contributed by atoms with van der Waals surface area (Å²) >= 11 is 0. The molecule has 5 nitrogen and oxygen atoms in total. The van der Waals surface area contributed by atoms with Crippen molar-refractivity contribution in [1.82, 2.24) is 9.80 Å². The van der Waals surface area contributed by atoms with E-state index in [9.17, 15) is 4.79 Å². The van der Waals surface area contributed by atoms with Crippen molar-refractivity contribution in [2.45, 2.75) is 31.9 Å². The third-order valence-corrected chi connectivity index (χ3v) is 5.17. The van der Waals surface area contributed by atoms with E-state index in [1.807, 2.05) is 11.0 Å². The van der Waals surface area contributed by atoms with Crippen LogP contribution in [0.3, 0.4) is 0 Å². The SMILES string of the molecule is Cl.Cl.NCC1CCN(C(=O)CC2CN(Cc3ccccc3)CCO2)CC1. The highest BCUT2D eigenvalue weighted by molar-refractivity contribution is 5.85. The summed E-state index contributed by atoms with van der Waals surface area (Å²) in [7, 11) is 0. The molecule has 0 aliphatic carbocycles. The summed E-state index contributed by atoms with van der Waals surface area (Å²) < 4.78 is 5.84. The number of carbonyl (C=O) groups is 1. The molecule has 148 valence electrons. The Labute approximate surface area is 169 Å². The number of hydrogen-bond donors (Lipinski definition) is 1. The highest BCUT2D eigenvalue weighted by Gasteiger charge is 2.27. The zero-order chi connectivity index (χ0) is 16.8. The topological polar surface area (TPSA) is 58.8 Å². The Morgan fingerprint density at radius 2 is 1.81 bits per heavy atom. The molecule has 1 amide bonds. The first-order chi connectivity index (χ1) is 11.7. The molecule has 26 heavy (non-hydrogen) atoms. The molecule has 2 fully saturated rings. The molecular formula is C19H31Cl2N3O2. The van der Waals surface area contributed by atoms with Crippen LogP contribution in [0.2, 0.25) is 0 Å². The van der Waals surface area contributed by atoms with Gasteiger partial charge in [-0.1, -0.05) is 30.3 Å². The van der Waals surface area contributed by atoms with Crippen LogP contribution in [-0.2, 0) is 16.1 Å². The minimum absolute atomic E-state index is 0. The number of benzene rings is 1. The van der Waals surface area contributed by atoms with E-state index in [0.717, 1.165) is 52.1 Å². The molecule has 1 aromatic rings. The van der Waals surface area contributed by atoms with Crippen molar-refractivity contribution >= 4 is 30.7 Å². The molecule has 0 radical (unpaired) electrons. The van der Waals surface area contributed by atoms with Gasteiger partial charge in [-0.25, -0.2) is 0 Å². The number of ether oxygens (including phenoxy) is 1. The van der Waals surface area contributed by atoms with Gasteiger partial charge >= 0.3 is 0 Å². The zero-order valence-corrected chi connectivity index (χ0v) is 16.9. The summed E-state index contributed by atoms with van der Waals surface area (Å²) in [5.74, 6) is 0.818. The maximum Gasteiger partial charge on any atom is 0.225 e. The summed E-state index contributed by atoms with van der Waals surface area (Å²) in [6.45, 7) is 5.84. The first-order valence-electron chi connectivity index (χ1n) is 9.10. The fourth-order valence-corrected chi connectivity index (χ4v) is 3.63. The lowest BCUT2D eigenvalue weighted by atomic mass is 9.97. The number of nitrogens with two attached hydrogens (primary N) is 1. The second-order valence-corrected chi connectivity index (χ2v) is 6.98. The molecule has 3 rings (SSSR count). The van der Waals surface area contributed by atoms with Gasteiger partial charge in [-0.05, 0) is 30.9 Å². The standard InChI is InChI=1S/C19H29N3O2.2ClH/c20-13-16-6-8-22(9-7-16)19(23)12-18-15-21(10-11-24-18)14-17-4-2-1-3-5-17;;/h1-5,16,18H,6-15,20H2;2*1H. The van der Waals surface area contributed by atoms with E-state index < -0.39 is 0 Å². The molecule has 0 saturated carbocycles. The van der Waals surface area contributed by atoms with Crippen LogP contribution in [0, 0.1) is 5.92 Å². The number of morpholine rings is 1. The molecule has 2 saturated heterocycles. The third kappa shape index (κ3) is 6.71. The van der Waals surface area contributed by atoms with E-state index in [1.54, 1.807) is 0 Å². The molecule has 2 N–H and O–H groups in total. The van der Waals surface area contributed by atoms with Crippen LogP contribution in [0.5, 0.6) is 0 Å². The van der Waals surface area contributed by atoms with Gasteiger partial charge in [0.2, 0.25) is 5.91 Å². The quantitative estimate of drug-likeness (QED) is 0.819. The fourth-order valence-electron chi connectivity index (χ4n) is 3.63. The maximum atomic E-state index is 12.5. The molecular weight excluding hydrogens is 373 g/mol. The summed E-state index contributed by atoms with van der Waals surface area (Å²) in [6, 6.07) is 10.5. The average Bonchev–Trinajstić information content (AvgIpc) is 2.63. The Morgan fingerprint density at radius 1 is 1.12 bits per heavy atom. The van der Waals surface area contributed by atoms with Gasteiger partial charge in [0.25, 0.3) is 0 Å². The monoisotopic (exact) mass is 403 g/mol. The molecule has 2 heterocycles. The number of nitrogens with zero attached hydrogens (tertiary/aromatic N) is 2. The Kier molecular flexibility index (Phi) is 10.5. The van der Waals surface area contributed by atoms with Gasteiger partial charge in [-0.3, -0.25) is 9.69 Å². The Morgan fingerprint density at radius 3 is 2.46 bits per heavy atom. The van der Waals surface area contributed by atoms with Crippen molar-refractivity contribution in [2.24, 2.45) is 11.7 Å². The van der Waals surface area contributed by atoms with Gasteiger partial charge in [0.05, 0.1) is 19.1 Å². The number of carbonyl (C=O) groups excluding carboxylic acids is 1. The zero-order valence-electron chi connectivity index (χ0n) is 15.2. The van der Waals surface area contributed by atoms with Gasteiger partial charge in [-0.2, -0.15) is 0 Å². The summed E-state index contributed by atoms with van der Waals surface area (Å²) in [5.41, 5.74) is 7.04. The number of likely N-dealkylation sites (tertiary alicyclic amines) is 1. The van der Waals surface area contributed by atoms with E-state index >= 15 is 0 Å². The molecule has 0 aromatic heterocycles. The van der Waals surface area contributed by atoms with Crippen LogP contribution < -0.4 is 5.73 Å². The Bertz CT molecular complexity index is 525.